The van der Waals surface area contributed by atoms with E-state index in [-0.39, 0.29) is 18.9 Å². The maximum Gasteiger partial charge on any atom is 0.425 e. The third kappa shape index (κ3) is 10.3. The lowest BCUT2D eigenvalue weighted by Gasteiger charge is -2.35. The summed E-state index contributed by atoms with van der Waals surface area (Å²) in [6, 6.07) is 6.30. The maximum absolute atomic E-state index is 13.8. The van der Waals surface area contributed by atoms with Gasteiger partial charge in [-0.25, -0.2) is 9.67 Å². The highest BCUT2D eigenvalue weighted by atomic mass is 28.3. The van der Waals surface area contributed by atoms with Gasteiger partial charge in [-0.1, -0.05) is 19.6 Å². The summed E-state index contributed by atoms with van der Waals surface area (Å²) in [4.78, 5) is 33.5. The van der Waals surface area contributed by atoms with Crippen LogP contribution in [0.15, 0.2) is 29.3 Å². The molecule has 1 fully saturated rings. The van der Waals surface area contributed by atoms with Gasteiger partial charge in [-0.15, -0.1) is 0 Å². The van der Waals surface area contributed by atoms with E-state index in [4.69, 9.17) is 19.5 Å². The molecule has 15 heteroatoms. The summed E-state index contributed by atoms with van der Waals surface area (Å²) < 4.78 is 58.6. The Balaban J connectivity index is 1.48. The van der Waals surface area contributed by atoms with Crippen LogP contribution in [0.4, 0.5) is 19.0 Å². The monoisotopic (exact) mass is 624 g/mol. The van der Waals surface area contributed by atoms with Crippen LogP contribution in [0.3, 0.4) is 0 Å². The Morgan fingerprint density at radius 1 is 1.12 bits per heavy atom. The first kappa shape index (κ1) is 34.0. The van der Waals surface area contributed by atoms with Gasteiger partial charge in [0.1, 0.15) is 24.7 Å². The van der Waals surface area contributed by atoms with Gasteiger partial charge in [0.2, 0.25) is 5.91 Å². The Morgan fingerprint density at radius 2 is 1.81 bits per heavy atom. The fraction of sp³-hybridized carbons (Fsp3) is 0.607. The van der Waals surface area contributed by atoms with Crippen molar-refractivity contribution in [2.75, 3.05) is 44.3 Å². The Hall–Kier alpha value is -3.48. The first-order valence-corrected chi connectivity index (χ1v) is 17.8. The molecule has 1 amide bonds. The molecule has 1 saturated heterocycles. The van der Waals surface area contributed by atoms with Crippen LogP contribution in [0, 0.1) is 11.3 Å². The summed E-state index contributed by atoms with van der Waals surface area (Å²) in [6.07, 6.45) is -3.87. The number of carbonyl (C=O) groups excluding carboxylic acids is 1. The number of halogens is 3. The van der Waals surface area contributed by atoms with Gasteiger partial charge in [-0.3, -0.25) is 9.59 Å². The van der Waals surface area contributed by atoms with Crippen molar-refractivity contribution >= 4 is 19.8 Å². The third-order valence-electron chi connectivity index (χ3n) is 6.74. The fourth-order valence-corrected chi connectivity index (χ4v) is 5.01. The fourth-order valence-electron chi connectivity index (χ4n) is 4.25. The van der Waals surface area contributed by atoms with Gasteiger partial charge < -0.3 is 24.0 Å². The largest absolute Gasteiger partial charge is 0.486 e. The molecule has 3 heterocycles. The number of hydrogen-bond acceptors (Lipinski definition) is 9. The van der Waals surface area contributed by atoms with Crippen molar-refractivity contribution in [2.24, 2.45) is 0 Å². The number of anilines is 1. The lowest BCUT2D eigenvalue weighted by atomic mass is 10.2. The summed E-state index contributed by atoms with van der Waals surface area (Å²) in [5.74, 6) is -0.0539. The van der Waals surface area contributed by atoms with Crippen molar-refractivity contribution in [3.63, 3.8) is 0 Å². The molecular formula is C28H39F3N6O5Si. The van der Waals surface area contributed by atoms with Crippen LogP contribution in [0.1, 0.15) is 31.4 Å². The number of carbonyl (C=O) groups is 1. The van der Waals surface area contributed by atoms with Crippen LogP contribution >= 0.6 is 0 Å². The Kier molecular flexibility index (Phi) is 11.7. The molecule has 2 aromatic heterocycles. The highest BCUT2D eigenvalue weighted by Crippen LogP contribution is 2.33. The minimum absolute atomic E-state index is 0.0882. The zero-order chi connectivity index (χ0) is 31.8. The molecule has 1 aliphatic rings. The van der Waals surface area contributed by atoms with E-state index in [0.29, 0.717) is 43.0 Å². The molecule has 2 aromatic rings. The zero-order valence-corrected chi connectivity index (χ0v) is 26.2. The first-order chi connectivity index (χ1) is 20.2. The molecule has 1 aliphatic heterocycles. The molecule has 0 bridgehead atoms. The van der Waals surface area contributed by atoms with Gasteiger partial charge in [0.25, 0.3) is 5.56 Å². The van der Waals surface area contributed by atoms with Crippen molar-refractivity contribution in [1.29, 1.82) is 5.26 Å². The minimum Gasteiger partial charge on any atom is -0.486 e. The second-order valence-corrected chi connectivity index (χ2v) is 17.3. The van der Waals surface area contributed by atoms with Crippen LogP contribution in [0.2, 0.25) is 25.7 Å². The Bertz CT molecular complexity index is 1320. The number of hydrogen-bond donors (Lipinski definition) is 0. The number of amides is 1. The summed E-state index contributed by atoms with van der Waals surface area (Å²) >= 11 is 0. The maximum atomic E-state index is 13.8. The van der Waals surface area contributed by atoms with E-state index >= 15 is 0 Å². The van der Waals surface area contributed by atoms with Crippen molar-refractivity contribution in [3.05, 3.63) is 46.0 Å². The molecule has 43 heavy (non-hydrogen) atoms. The lowest BCUT2D eigenvalue weighted by molar-refractivity contribution is -0.142. The quantitative estimate of drug-likeness (QED) is 0.242. The van der Waals surface area contributed by atoms with Gasteiger partial charge in [0.15, 0.2) is 11.3 Å². The second kappa shape index (κ2) is 14.8. The van der Waals surface area contributed by atoms with Gasteiger partial charge in [0, 0.05) is 47.1 Å². The second-order valence-electron chi connectivity index (χ2n) is 11.7. The third-order valence-corrected chi connectivity index (χ3v) is 8.45. The van der Waals surface area contributed by atoms with E-state index in [2.05, 4.69) is 29.7 Å². The number of pyridine rings is 1. The van der Waals surface area contributed by atoms with Crippen LogP contribution in [-0.4, -0.2) is 85.2 Å². The van der Waals surface area contributed by atoms with Crippen LogP contribution in [0.25, 0.3) is 0 Å². The van der Waals surface area contributed by atoms with E-state index in [1.807, 2.05) is 11.0 Å². The van der Waals surface area contributed by atoms with Crippen LogP contribution in [-0.2, 0) is 27.2 Å². The molecule has 3 rings (SSSR count). The molecule has 2 atom stereocenters. The summed E-state index contributed by atoms with van der Waals surface area (Å²) in [6.45, 7) is 11.6. The molecule has 0 aliphatic carbocycles. The minimum atomic E-state index is -4.96. The molecule has 0 N–H and O–H groups in total. The molecule has 0 radical (unpaired) electrons. The van der Waals surface area contributed by atoms with Gasteiger partial charge >= 0.3 is 6.18 Å². The molecular weight excluding hydrogens is 585 g/mol. The van der Waals surface area contributed by atoms with Gasteiger partial charge in [-0.05, 0) is 32.0 Å². The number of aromatic nitrogens is 3. The highest BCUT2D eigenvalue weighted by Gasteiger charge is 2.39. The summed E-state index contributed by atoms with van der Waals surface area (Å²) in [7, 11) is -1.41. The number of ether oxygens (including phenoxy) is 3. The van der Waals surface area contributed by atoms with Crippen molar-refractivity contribution < 1.29 is 32.2 Å². The number of nitriles is 1. The standard InChI is InChI=1S/C28H39F3N6O5Si/c1-20(14-25(38)36-10-8-35(9-11-36)24-7-6-22(15-32)16-33-24)41-18-21(2)42-23-17-34-37(19-40-12-13-43(3,4)5)27(39)26(23)28(29,30)31/h6-7,16-17,20-21H,8-14,18-19H2,1-5H3/t20-,21?/m0/s1. The Morgan fingerprint density at radius 3 is 2.40 bits per heavy atom. The molecule has 236 valence electrons. The number of piperazine rings is 1. The van der Waals surface area contributed by atoms with E-state index in [9.17, 15) is 22.8 Å². The average molecular weight is 625 g/mol. The van der Waals surface area contributed by atoms with E-state index in [1.165, 1.54) is 13.1 Å². The van der Waals surface area contributed by atoms with E-state index in [1.54, 1.807) is 24.0 Å². The first-order valence-electron chi connectivity index (χ1n) is 14.1. The molecule has 0 saturated carbocycles. The molecule has 1 unspecified atom stereocenters. The predicted octanol–water partition coefficient (Wildman–Crippen LogP) is 3.75. The molecule has 0 aromatic carbocycles. The summed E-state index contributed by atoms with van der Waals surface area (Å²) in [5.41, 5.74) is -2.33. The average Bonchev–Trinajstić information content (AvgIpc) is 2.94. The van der Waals surface area contributed by atoms with Crippen molar-refractivity contribution in [2.45, 2.75) is 71.1 Å². The van der Waals surface area contributed by atoms with E-state index < -0.39 is 50.1 Å². The smallest absolute Gasteiger partial charge is 0.425 e. The number of nitrogens with zero attached hydrogens (tertiary/aromatic N) is 6. The van der Waals surface area contributed by atoms with Crippen LogP contribution < -0.4 is 15.2 Å². The molecule has 0 spiro atoms. The number of rotatable bonds is 13. The molecule has 11 nitrogen and oxygen atoms in total. The van der Waals surface area contributed by atoms with E-state index in [0.717, 1.165) is 18.1 Å². The highest BCUT2D eigenvalue weighted by molar-refractivity contribution is 6.76. The Labute approximate surface area is 250 Å². The predicted molar refractivity (Wildman–Crippen MR) is 155 cm³/mol. The van der Waals surface area contributed by atoms with Crippen molar-refractivity contribution in [1.82, 2.24) is 19.7 Å². The van der Waals surface area contributed by atoms with Crippen molar-refractivity contribution in [3.8, 4) is 11.8 Å². The summed E-state index contributed by atoms with van der Waals surface area (Å²) in [5, 5.41) is 12.7. The SMILES string of the molecule is CC(CO[C@@H](C)CC(=O)N1CCN(c2ccc(C#N)cn2)CC1)Oc1cnn(COCC[Si](C)(C)C)c(=O)c1C(F)(F)F. The normalized spacial score (nSPS) is 15.6. The van der Waals surface area contributed by atoms with Gasteiger partial charge in [0.05, 0.1) is 30.9 Å². The zero-order valence-electron chi connectivity index (χ0n) is 25.2. The van der Waals surface area contributed by atoms with Crippen LogP contribution in [0.5, 0.6) is 5.75 Å². The topological polar surface area (TPSA) is 123 Å². The van der Waals surface area contributed by atoms with Gasteiger partial charge in [-0.2, -0.15) is 23.5 Å². The number of alkyl halides is 3. The lowest BCUT2D eigenvalue weighted by Crippen LogP contribution is -2.49.